The highest BCUT2D eigenvalue weighted by Gasteiger charge is 2.37. The lowest BCUT2D eigenvalue weighted by atomic mass is 10.1. The molecule has 0 radical (unpaired) electrons. The third-order valence-electron chi connectivity index (χ3n) is 6.33. The molecule has 1 aromatic heterocycles. The molecule has 4 rings (SSSR count). The standard InChI is InChI=1S/C23H31F2N3O3Si/c1-6-31-23(30)15-13-28(14-7-8-14)19-16(21(15)29)22(32(3,4)5)18(25)20(17(19)24)27-11-9-26(2)10-12-27/h13-14H,6-12H2,1-5H3. The molecule has 1 aliphatic carbocycles. The van der Waals surface area contributed by atoms with E-state index in [4.69, 9.17) is 4.74 Å². The van der Waals surface area contributed by atoms with Gasteiger partial charge in [0, 0.05) is 38.4 Å². The lowest BCUT2D eigenvalue weighted by molar-refractivity contribution is 0.0524. The number of ether oxygens (including phenoxy) is 1. The molecule has 1 saturated carbocycles. The summed E-state index contributed by atoms with van der Waals surface area (Å²) in [4.78, 5) is 29.9. The van der Waals surface area contributed by atoms with Crippen LogP contribution in [0.15, 0.2) is 11.0 Å². The number of aromatic nitrogens is 1. The number of anilines is 1. The van der Waals surface area contributed by atoms with Gasteiger partial charge in [0.2, 0.25) is 5.43 Å². The Morgan fingerprint density at radius 1 is 1.12 bits per heavy atom. The van der Waals surface area contributed by atoms with E-state index in [9.17, 15) is 9.59 Å². The van der Waals surface area contributed by atoms with Crippen LogP contribution in [0, 0.1) is 11.6 Å². The average molecular weight is 464 g/mol. The van der Waals surface area contributed by atoms with Crippen molar-refractivity contribution in [3.05, 3.63) is 33.6 Å². The zero-order chi connectivity index (χ0) is 23.4. The van der Waals surface area contributed by atoms with Gasteiger partial charge in [-0.25, -0.2) is 13.6 Å². The molecule has 2 aliphatic rings. The average Bonchev–Trinajstić information content (AvgIpc) is 3.54. The number of benzene rings is 1. The smallest absolute Gasteiger partial charge is 0.343 e. The summed E-state index contributed by atoms with van der Waals surface area (Å²) in [5.74, 6) is -2.11. The first-order valence-electron chi connectivity index (χ1n) is 11.3. The summed E-state index contributed by atoms with van der Waals surface area (Å²) < 4.78 is 39.0. The highest BCUT2D eigenvalue weighted by molar-refractivity contribution is 6.90. The van der Waals surface area contributed by atoms with Gasteiger partial charge < -0.3 is 19.1 Å². The summed E-state index contributed by atoms with van der Waals surface area (Å²) in [6.07, 6.45) is 3.06. The topological polar surface area (TPSA) is 54.8 Å². The van der Waals surface area contributed by atoms with Crippen LogP contribution in [0.4, 0.5) is 14.5 Å². The van der Waals surface area contributed by atoms with E-state index in [0.29, 0.717) is 26.2 Å². The van der Waals surface area contributed by atoms with E-state index in [1.165, 1.54) is 6.20 Å². The third-order valence-corrected chi connectivity index (χ3v) is 8.30. The third kappa shape index (κ3) is 3.85. The van der Waals surface area contributed by atoms with Gasteiger partial charge in [-0.05, 0) is 32.0 Å². The van der Waals surface area contributed by atoms with Gasteiger partial charge in [-0.3, -0.25) is 4.79 Å². The maximum atomic E-state index is 16.1. The monoisotopic (exact) mass is 463 g/mol. The second-order valence-electron chi connectivity index (χ2n) is 9.85. The highest BCUT2D eigenvalue weighted by atomic mass is 28.3. The number of likely N-dealkylation sites (N-methyl/N-ethyl adjacent to an activating group) is 1. The predicted octanol–water partition coefficient (Wildman–Crippen LogP) is 3.09. The first-order valence-corrected chi connectivity index (χ1v) is 14.8. The summed E-state index contributed by atoms with van der Waals surface area (Å²) in [6, 6.07) is -0.0129. The molecule has 1 aliphatic heterocycles. The first kappa shape index (κ1) is 22.9. The SMILES string of the molecule is CCOC(=O)c1cn(C2CC2)c2c(F)c(N3CCN(C)CC3)c(F)c([Si](C)(C)C)c2c1=O. The molecule has 2 fully saturated rings. The van der Waals surface area contributed by atoms with Gasteiger partial charge >= 0.3 is 5.97 Å². The summed E-state index contributed by atoms with van der Waals surface area (Å²) >= 11 is 0. The summed E-state index contributed by atoms with van der Waals surface area (Å²) in [5.41, 5.74) is -0.716. The van der Waals surface area contributed by atoms with Crippen molar-refractivity contribution in [2.24, 2.45) is 0 Å². The lowest BCUT2D eigenvalue weighted by Crippen LogP contribution is -2.48. The molecule has 32 heavy (non-hydrogen) atoms. The molecule has 1 aromatic carbocycles. The molecule has 1 saturated heterocycles. The molecule has 0 unspecified atom stereocenters. The van der Waals surface area contributed by atoms with Crippen LogP contribution in [-0.4, -0.2) is 63.3 Å². The first-order chi connectivity index (χ1) is 15.1. The molecule has 6 nitrogen and oxygen atoms in total. The molecule has 2 aromatic rings. The Balaban J connectivity index is 2.10. The molecular formula is C23H31F2N3O3Si. The Morgan fingerprint density at radius 2 is 1.75 bits per heavy atom. The molecule has 0 spiro atoms. The van der Waals surface area contributed by atoms with E-state index in [1.54, 1.807) is 16.4 Å². The fourth-order valence-corrected chi connectivity index (χ4v) is 6.29. The minimum Gasteiger partial charge on any atom is -0.462 e. The maximum Gasteiger partial charge on any atom is 0.343 e. The minimum atomic E-state index is -2.46. The fourth-order valence-electron chi connectivity index (χ4n) is 4.53. The number of pyridine rings is 1. The Kier molecular flexibility index (Phi) is 5.91. The van der Waals surface area contributed by atoms with Gasteiger partial charge in [0.25, 0.3) is 0 Å². The van der Waals surface area contributed by atoms with Crippen molar-refractivity contribution in [2.75, 3.05) is 44.7 Å². The van der Waals surface area contributed by atoms with Crippen molar-refractivity contribution in [3.63, 3.8) is 0 Å². The van der Waals surface area contributed by atoms with Crippen LogP contribution in [0.3, 0.4) is 0 Å². The molecule has 0 atom stereocenters. The van der Waals surface area contributed by atoms with E-state index < -0.39 is 31.1 Å². The van der Waals surface area contributed by atoms with Crippen molar-refractivity contribution in [3.8, 4) is 0 Å². The lowest BCUT2D eigenvalue weighted by Gasteiger charge is -2.36. The van der Waals surface area contributed by atoms with Gasteiger partial charge in [0.1, 0.15) is 17.1 Å². The zero-order valence-electron chi connectivity index (χ0n) is 19.4. The zero-order valence-corrected chi connectivity index (χ0v) is 20.4. The molecule has 0 N–H and O–H groups in total. The van der Waals surface area contributed by atoms with Gasteiger partial charge in [-0.2, -0.15) is 0 Å². The molecule has 2 heterocycles. The van der Waals surface area contributed by atoms with Crippen LogP contribution in [0.1, 0.15) is 36.2 Å². The van der Waals surface area contributed by atoms with E-state index in [0.717, 1.165) is 12.8 Å². The summed E-state index contributed by atoms with van der Waals surface area (Å²) in [6.45, 7) is 10.0. The van der Waals surface area contributed by atoms with E-state index in [2.05, 4.69) is 4.90 Å². The number of rotatable bonds is 5. The number of carbonyl (C=O) groups is 1. The molecule has 0 bridgehead atoms. The maximum absolute atomic E-state index is 16.1. The number of fused-ring (bicyclic) bond motifs is 1. The van der Waals surface area contributed by atoms with Gasteiger partial charge in [-0.1, -0.05) is 19.6 Å². The molecule has 174 valence electrons. The number of carbonyl (C=O) groups excluding carboxylic acids is 1. The van der Waals surface area contributed by atoms with Crippen LogP contribution >= 0.6 is 0 Å². The quantitative estimate of drug-likeness (QED) is 0.504. The van der Waals surface area contributed by atoms with Crippen LogP contribution < -0.4 is 15.5 Å². The van der Waals surface area contributed by atoms with Crippen LogP contribution in [0.25, 0.3) is 10.9 Å². The second-order valence-corrected chi connectivity index (χ2v) is 14.8. The van der Waals surface area contributed by atoms with Gasteiger partial charge in [0.15, 0.2) is 5.82 Å². The Labute approximate surface area is 187 Å². The summed E-state index contributed by atoms with van der Waals surface area (Å²) in [5, 5.41) is 0.294. The Morgan fingerprint density at radius 3 is 2.28 bits per heavy atom. The largest absolute Gasteiger partial charge is 0.462 e. The highest BCUT2D eigenvalue weighted by Crippen LogP contribution is 2.40. The molecule has 0 amide bonds. The van der Waals surface area contributed by atoms with Crippen LogP contribution in [-0.2, 0) is 4.74 Å². The predicted molar refractivity (Wildman–Crippen MR) is 125 cm³/mol. The Hall–Kier alpha value is -2.26. The number of esters is 1. The normalized spacial score (nSPS) is 17.8. The number of halogens is 2. The number of piperazine rings is 1. The number of nitrogens with zero attached hydrogens (tertiary/aromatic N) is 3. The second kappa shape index (κ2) is 8.26. The van der Waals surface area contributed by atoms with Crippen molar-refractivity contribution >= 4 is 35.8 Å². The van der Waals surface area contributed by atoms with Crippen molar-refractivity contribution in [1.29, 1.82) is 0 Å². The van der Waals surface area contributed by atoms with Gasteiger partial charge in [-0.15, -0.1) is 0 Å². The molecule has 9 heteroatoms. The van der Waals surface area contributed by atoms with E-state index >= 15 is 8.78 Å². The van der Waals surface area contributed by atoms with Crippen molar-refractivity contribution in [1.82, 2.24) is 9.47 Å². The van der Waals surface area contributed by atoms with E-state index in [1.807, 2.05) is 26.7 Å². The van der Waals surface area contributed by atoms with Crippen molar-refractivity contribution < 1.29 is 18.3 Å². The number of hydrogen-bond donors (Lipinski definition) is 0. The molecular weight excluding hydrogens is 432 g/mol. The van der Waals surface area contributed by atoms with Crippen LogP contribution in [0.5, 0.6) is 0 Å². The van der Waals surface area contributed by atoms with Crippen molar-refractivity contribution in [2.45, 2.75) is 45.4 Å². The minimum absolute atomic E-state index is 0.00879. The summed E-state index contributed by atoms with van der Waals surface area (Å²) in [7, 11) is -0.477. The number of hydrogen-bond acceptors (Lipinski definition) is 5. The Bertz CT molecular complexity index is 1130. The van der Waals surface area contributed by atoms with Gasteiger partial charge in [0.05, 0.1) is 25.6 Å². The fraction of sp³-hybridized carbons (Fsp3) is 0.565. The van der Waals surface area contributed by atoms with E-state index in [-0.39, 0.29) is 40.0 Å². The van der Waals surface area contributed by atoms with Crippen LogP contribution in [0.2, 0.25) is 19.6 Å².